The summed E-state index contributed by atoms with van der Waals surface area (Å²) in [4.78, 5) is 0. The third-order valence-corrected chi connectivity index (χ3v) is 6.98. The molecule has 5 heteroatoms. The third-order valence-electron chi connectivity index (χ3n) is 6.98. The minimum absolute atomic E-state index is 0.102. The van der Waals surface area contributed by atoms with Gasteiger partial charge in [0.15, 0.2) is 0 Å². The Balaban J connectivity index is 0.00000129. The standard InChI is InChI=1S/C27H38F2N2.C2H5N/c1-19(10-6-5-9-17-30)13-15-23-20(2)24-18-22(27(3,28)29)14-16-25(24)31-26(23)21-11-7-4-8-12-21;1-2-3/h4,7-8,11-12,14,16,18-20,23,26,31H,5-6,9-10,13,15,17,30H2,1-3H3;2H,1,3H2/t19?,20?,23?,26-;/m0./s1. The Kier molecular flexibility index (Phi) is 11.0. The lowest BCUT2D eigenvalue weighted by Crippen LogP contribution is -2.31. The molecule has 2 aromatic rings. The fraction of sp³-hybridized carbons (Fsp3) is 0.517. The second kappa shape index (κ2) is 13.5. The van der Waals surface area contributed by atoms with Gasteiger partial charge in [0.05, 0.1) is 6.04 Å². The van der Waals surface area contributed by atoms with Crippen molar-refractivity contribution in [2.24, 2.45) is 23.3 Å². The molecule has 0 amide bonds. The van der Waals surface area contributed by atoms with E-state index in [0.29, 0.717) is 11.8 Å². The molecule has 3 rings (SSSR count). The van der Waals surface area contributed by atoms with Gasteiger partial charge in [-0.3, -0.25) is 0 Å². The lowest BCUT2D eigenvalue weighted by molar-refractivity contribution is 0.0173. The largest absolute Gasteiger partial charge is 0.405 e. The molecule has 34 heavy (non-hydrogen) atoms. The second-order valence-corrected chi connectivity index (χ2v) is 9.73. The monoisotopic (exact) mass is 471 g/mol. The van der Waals surface area contributed by atoms with Crippen LogP contribution in [0.4, 0.5) is 14.5 Å². The molecule has 5 N–H and O–H groups in total. The van der Waals surface area contributed by atoms with E-state index in [4.69, 9.17) is 5.73 Å². The van der Waals surface area contributed by atoms with Crippen molar-refractivity contribution >= 4 is 5.69 Å². The number of nitrogens with two attached hydrogens (primary N) is 2. The molecule has 0 aromatic heterocycles. The summed E-state index contributed by atoms with van der Waals surface area (Å²) in [7, 11) is 0. The molecule has 0 saturated heterocycles. The molecular weight excluding hydrogens is 428 g/mol. The molecule has 3 unspecified atom stereocenters. The van der Waals surface area contributed by atoms with Crippen LogP contribution in [0.5, 0.6) is 0 Å². The van der Waals surface area contributed by atoms with Crippen LogP contribution < -0.4 is 16.8 Å². The summed E-state index contributed by atoms with van der Waals surface area (Å²) in [6.45, 7) is 9.44. The highest BCUT2D eigenvalue weighted by atomic mass is 19.3. The topological polar surface area (TPSA) is 64.1 Å². The van der Waals surface area contributed by atoms with E-state index in [2.05, 4.69) is 55.7 Å². The van der Waals surface area contributed by atoms with Crippen molar-refractivity contribution in [2.45, 2.75) is 77.2 Å². The first-order valence-electron chi connectivity index (χ1n) is 12.6. The molecule has 0 fully saturated rings. The van der Waals surface area contributed by atoms with Crippen molar-refractivity contribution in [3.63, 3.8) is 0 Å². The normalized spacial score (nSPS) is 20.4. The van der Waals surface area contributed by atoms with Gasteiger partial charge in [0, 0.05) is 18.2 Å². The molecule has 3 nitrogen and oxygen atoms in total. The summed E-state index contributed by atoms with van der Waals surface area (Å²) in [5.74, 6) is -1.58. The van der Waals surface area contributed by atoms with Crippen LogP contribution in [0.15, 0.2) is 61.3 Å². The van der Waals surface area contributed by atoms with E-state index >= 15 is 0 Å². The van der Waals surface area contributed by atoms with Gasteiger partial charge >= 0.3 is 0 Å². The molecule has 1 aliphatic heterocycles. The Morgan fingerprint density at radius 1 is 1.09 bits per heavy atom. The van der Waals surface area contributed by atoms with Crippen LogP contribution in [0.3, 0.4) is 0 Å². The van der Waals surface area contributed by atoms with E-state index in [0.717, 1.165) is 44.0 Å². The van der Waals surface area contributed by atoms with Crippen molar-refractivity contribution in [1.82, 2.24) is 0 Å². The van der Waals surface area contributed by atoms with Gasteiger partial charge in [-0.25, -0.2) is 8.78 Å². The van der Waals surface area contributed by atoms with Crippen LogP contribution in [0.2, 0.25) is 0 Å². The van der Waals surface area contributed by atoms with E-state index in [1.54, 1.807) is 12.1 Å². The zero-order chi connectivity index (χ0) is 25.1. The van der Waals surface area contributed by atoms with Gasteiger partial charge in [0.2, 0.25) is 0 Å². The summed E-state index contributed by atoms with van der Waals surface area (Å²) < 4.78 is 28.0. The van der Waals surface area contributed by atoms with Crippen LogP contribution in [0.25, 0.3) is 0 Å². The van der Waals surface area contributed by atoms with Crippen molar-refractivity contribution < 1.29 is 8.78 Å². The molecule has 0 saturated carbocycles. The van der Waals surface area contributed by atoms with E-state index < -0.39 is 5.92 Å². The Morgan fingerprint density at radius 3 is 2.38 bits per heavy atom. The van der Waals surface area contributed by atoms with Crippen LogP contribution in [0.1, 0.15) is 87.9 Å². The lowest BCUT2D eigenvalue weighted by Gasteiger charge is -2.40. The number of anilines is 1. The smallest absolute Gasteiger partial charge is 0.270 e. The number of hydrogen-bond donors (Lipinski definition) is 3. The van der Waals surface area contributed by atoms with E-state index in [1.807, 2.05) is 12.1 Å². The van der Waals surface area contributed by atoms with Gasteiger partial charge in [-0.15, -0.1) is 0 Å². The van der Waals surface area contributed by atoms with Gasteiger partial charge in [-0.05, 0) is 66.6 Å². The van der Waals surface area contributed by atoms with Crippen LogP contribution in [0, 0.1) is 11.8 Å². The summed E-state index contributed by atoms with van der Waals surface area (Å²) >= 11 is 0. The third kappa shape index (κ3) is 7.83. The molecular formula is C29H43F2N3. The van der Waals surface area contributed by atoms with Gasteiger partial charge in [-0.2, -0.15) is 0 Å². The Bertz CT molecular complexity index is 863. The number of rotatable bonds is 10. The van der Waals surface area contributed by atoms with Gasteiger partial charge < -0.3 is 16.8 Å². The van der Waals surface area contributed by atoms with Crippen molar-refractivity contribution in [2.75, 3.05) is 11.9 Å². The molecule has 1 aliphatic rings. The van der Waals surface area contributed by atoms with Crippen LogP contribution in [-0.4, -0.2) is 6.54 Å². The van der Waals surface area contributed by atoms with E-state index in [1.165, 1.54) is 31.0 Å². The van der Waals surface area contributed by atoms with Crippen LogP contribution >= 0.6 is 0 Å². The first-order valence-corrected chi connectivity index (χ1v) is 12.6. The molecule has 4 atom stereocenters. The highest BCUT2D eigenvalue weighted by molar-refractivity contribution is 5.59. The minimum Gasteiger partial charge on any atom is -0.405 e. The quantitative estimate of drug-likeness (QED) is 0.311. The van der Waals surface area contributed by atoms with Gasteiger partial charge in [-0.1, -0.05) is 82.5 Å². The zero-order valence-corrected chi connectivity index (χ0v) is 21.1. The van der Waals surface area contributed by atoms with Crippen molar-refractivity contribution in [3.05, 3.63) is 78.0 Å². The number of alkyl halides is 2. The number of fused-ring (bicyclic) bond motifs is 1. The zero-order valence-electron chi connectivity index (χ0n) is 21.1. The number of benzene rings is 2. The average molecular weight is 472 g/mol. The fourth-order valence-electron chi connectivity index (χ4n) is 4.98. The Morgan fingerprint density at radius 2 is 1.76 bits per heavy atom. The molecule has 1 heterocycles. The number of hydrogen-bond acceptors (Lipinski definition) is 3. The number of nitrogens with one attached hydrogen (secondary N) is 1. The van der Waals surface area contributed by atoms with E-state index in [9.17, 15) is 8.78 Å². The van der Waals surface area contributed by atoms with Crippen LogP contribution in [-0.2, 0) is 5.92 Å². The number of unbranched alkanes of at least 4 members (excludes halogenated alkanes) is 2. The summed E-state index contributed by atoms with van der Waals surface area (Å²) in [6, 6.07) is 15.9. The first-order chi connectivity index (χ1) is 16.2. The van der Waals surface area contributed by atoms with Gasteiger partial charge in [0.1, 0.15) is 0 Å². The van der Waals surface area contributed by atoms with Gasteiger partial charge in [0.25, 0.3) is 5.92 Å². The van der Waals surface area contributed by atoms with Crippen molar-refractivity contribution in [3.8, 4) is 0 Å². The summed E-state index contributed by atoms with van der Waals surface area (Å²) in [5.41, 5.74) is 13.6. The Hall–Kier alpha value is -2.40. The first kappa shape index (κ1) is 27.8. The molecule has 2 aromatic carbocycles. The fourth-order valence-corrected chi connectivity index (χ4v) is 4.98. The Labute approximate surface area is 205 Å². The highest BCUT2D eigenvalue weighted by Gasteiger charge is 2.36. The van der Waals surface area contributed by atoms with E-state index in [-0.39, 0.29) is 17.5 Å². The lowest BCUT2D eigenvalue weighted by atomic mass is 9.72. The maximum Gasteiger partial charge on any atom is 0.270 e. The maximum absolute atomic E-state index is 14.0. The summed E-state index contributed by atoms with van der Waals surface area (Å²) in [5, 5.41) is 3.70. The number of halogens is 2. The molecule has 188 valence electrons. The minimum atomic E-state index is -2.82. The highest BCUT2D eigenvalue weighted by Crippen LogP contribution is 2.48. The summed E-state index contributed by atoms with van der Waals surface area (Å²) in [6.07, 6.45) is 8.26. The molecule has 0 spiro atoms. The average Bonchev–Trinajstić information content (AvgIpc) is 2.81. The molecule has 0 bridgehead atoms. The predicted octanol–water partition coefficient (Wildman–Crippen LogP) is 7.71. The maximum atomic E-state index is 14.0. The second-order valence-electron chi connectivity index (χ2n) is 9.73. The SMILES string of the molecule is C=CN.CC(CCCCCN)CCC1C(C)c2cc(C(C)(F)F)ccc2N[C@H]1c1ccccc1. The van der Waals surface area contributed by atoms with Crippen molar-refractivity contribution in [1.29, 1.82) is 0 Å². The molecule has 0 radical (unpaired) electrons. The molecule has 0 aliphatic carbocycles. The predicted molar refractivity (Wildman–Crippen MR) is 141 cm³/mol.